The molecule has 5 rings (SSSR count). The zero-order valence-electron chi connectivity index (χ0n) is 25.8. The highest BCUT2D eigenvalue weighted by Crippen LogP contribution is 2.39. The summed E-state index contributed by atoms with van der Waals surface area (Å²) >= 11 is 0. The van der Waals surface area contributed by atoms with E-state index in [1.807, 2.05) is 25.8 Å². The van der Waals surface area contributed by atoms with Crippen molar-refractivity contribution >= 4 is 23.2 Å². The summed E-state index contributed by atoms with van der Waals surface area (Å²) in [7, 11) is 1.95. The Labute approximate surface area is 258 Å². The van der Waals surface area contributed by atoms with Crippen LogP contribution in [0.15, 0.2) is 35.5 Å². The molecule has 2 saturated heterocycles. The lowest BCUT2D eigenvalue weighted by Gasteiger charge is -2.44. The molecule has 3 atom stereocenters. The molecule has 1 aromatic carbocycles. The summed E-state index contributed by atoms with van der Waals surface area (Å²) in [6.07, 6.45) is 0.322. The standard InChI is InChI=1S/C31H37F4N7O3/c1-16(2)24-15-41(6-7-45-24)31-37-10-19(11-38-31)26-22(32)9-23(42-13-17(3)40(5)18(4)14-42)28(27(26)33)39-30(44)21-12-36-25(43)8-20(21)29(34)35/h8-12,16-18,24,29H,6-7,13-15H2,1-5H3,(H,36,43)(H,39,44)/t17-,18+,24-/m1/s1. The molecule has 0 unspecified atom stereocenters. The number of anilines is 3. The first-order valence-corrected chi connectivity index (χ1v) is 14.9. The monoisotopic (exact) mass is 631 g/mol. The molecule has 2 fully saturated rings. The van der Waals surface area contributed by atoms with Crippen molar-refractivity contribution in [3.05, 3.63) is 63.8 Å². The fraction of sp³-hybridized carbons (Fsp3) is 0.484. The van der Waals surface area contributed by atoms with Gasteiger partial charge in [0.15, 0.2) is 5.82 Å². The largest absolute Gasteiger partial charge is 0.374 e. The molecule has 0 aliphatic carbocycles. The Morgan fingerprint density at radius 1 is 1.07 bits per heavy atom. The number of rotatable bonds is 7. The highest BCUT2D eigenvalue weighted by Gasteiger charge is 2.32. The number of amides is 1. The number of pyridine rings is 1. The smallest absolute Gasteiger partial charge is 0.264 e. The summed E-state index contributed by atoms with van der Waals surface area (Å²) in [4.78, 5) is 41.8. The van der Waals surface area contributed by atoms with Gasteiger partial charge in [0.1, 0.15) is 11.5 Å². The molecule has 2 aromatic heterocycles. The quantitative estimate of drug-likeness (QED) is 0.362. The van der Waals surface area contributed by atoms with Crippen molar-refractivity contribution in [2.24, 2.45) is 5.92 Å². The van der Waals surface area contributed by atoms with Gasteiger partial charge < -0.3 is 24.8 Å². The molecular weight excluding hydrogens is 594 g/mol. The Bertz CT molecular complexity index is 1590. The number of morpholine rings is 1. The second-order valence-corrected chi connectivity index (χ2v) is 12.0. The molecule has 1 amide bonds. The van der Waals surface area contributed by atoms with Gasteiger partial charge in [-0.25, -0.2) is 27.5 Å². The van der Waals surface area contributed by atoms with E-state index >= 15 is 8.78 Å². The maximum Gasteiger partial charge on any atom is 0.264 e. The highest BCUT2D eigenvalue weighted by atomic mass is 19.3. The summed E-state index contributed by atoms with van der Waals surface area (Å²) in [5.74, 6) is -2.44. The summed E-state index contributed by atoms with van der Waals surface area (Å²) in [6, 6.07) is 1.75. The number of alkyl halides is 2. The van der Waals surface area contributed by atoms with Gasteiger partial charge >= 0.3 is 0 Å². The van der Waals surface area contributed by atoms with Gasteiger partial charge in [0.25, 0.3) is 12.3 Å². The maximum atomic E-state index is 16.5. The van der Waals surface area contributed by atoms with Crippen LogP contribution in [0.5, 0.6) is 0 Å². The predicted octanol–water partition coefficient (Wildman–Crippen LogP) is 4.69. The molecule has 0 spiro atoms. The first-order valence-electron chi connectivity index (χ1n) is 14.9. The highest BCUT2D eigenvalue weighted by molar-refractivity contribution is 6.07. The van der Waals surface area contributed by atoms with Gasteiger partial charge in [-0.15, -0.1) is 0 Å². The number of H-pyrrole nitrogens is 1. The van der Waals surface area contributed by atoms with Crippen LogP contribution in [0, 0.1) is 17.6 Å². The Balaban J connectivity index is 1.55. The Morgan fingerprint density at radius 2 is 1.73 bits per heavy atom. The molecule has 10 nitrogen and oxygen atoms in total. The number of aromatic amines is 1. The summed E-state index contributed by atoms with van der Waals surface area (Å²) in [6.45, 7) is 10.4. The van der Waals surface area contributed by atoms with E-state index in [0.717, 1.165) is 12.3 Å². The molecule has 3 aromatic rings. The van der Waals surface area contributed by atoms with Gasteiger partial charge in [-0.2, -0.15) is 0 Å². The number of carbonyl (C=O) groups excluding carboxylic acids is 1. The van der Waals surface area contributed by atoms with Crippen molar-refractivity contribution < 1.29 is 27.1 Å². The molecule has 2 N–H and O–H groups in total. The average molecular weight is 632 g/mol. The van der Waals surface area contributed by atoms with Gasteiger partial charge in [0.05, 0.1) is 29.5 Å². The number of hydrogen-bond acceptors (Lipinski definition) is 8. The van der Waals surface area contributed by atoms with E-state index < -0.39 is 46.2 Å². The van der Waals surface area contributed by atoms with Gasteiger partial charge in [-0.3, -0.25) is 14.5 Å². The summed E-state index contributed by atoms with van der Waals surface area (Å²) in [5, 5.41) is 2.41. The minimum absolute atomic E-state index is 0.00385. The number of benzene rings is 1. The van der Waals surface area contributed by atoms with E-state index in [9.17, 15) is 18.4 Å². The second kappa shape index (κ2) is 13.1. The zero-order valence-corrected chi connectivity index (χ0v) is 25.8. The van der Waals surface area contributed by atoms with E-state index in [1.54, 1.807) is 4.90 Å². The third-order valence-corrected chi connectivity index (χ3v) is 8.62. The first kappa shape index (κ1) is 32.4. The van der Waals surface area contributed by atoms with Gasteiger partial charge in [-0.1, -0.05) is 13.8 Å². The van der Waals surface area contributed by atoms with Crippen LogP contribution >= 0.6 is 0 Å². The molecule has 2 aliphatic heterocycles. The SMILES string of the molecule is CC(C)[C@H]1CN(c2ncc(-c3c(F)cc(N4C[C@@H](C)N(C)[C@@H](C)C4)c(NC(=O)c4c[nH]c(=O)cc4C(F)F)c3F)cn2)CCO1. The number of halogens is 4. The third kappa shape index (κ3) is 6.66. The molecule has 14 heteroatoms. The second-order valence-electron chi connectivity index (χ2n) is 12.0. The number of aromatic nitrogens is 3. The Morgan fingerprint density at radius 3 is 2.36 bits per heavy atom. The molecule has 242 valence electrons. The summed E-state index contributed by atoms with van der Waals surface area (Å²) in [5.41, 5.74) is -2.95. The van der Waals surface area contributed by atoms with Crippen LogP contribution in [0.2, 0.25) is 0 Å². The van der Waals surface area contributed by atoms with Crippen molar-refractivity contribution in [1.29, 1.82) is 0 Å². The predicted molar refractivity (Wildman–Crippen MR) is 163 cm³/mol. The number of hydrogen-bond donors (Lipinski definition) is 2. The number of piperazine rings is 1. The van der Waals surface area contributed by atoms with Crippen LogP contribution in [0.3, 0.4) is 0 Å². The number of nitrogens with zero attached hydrogens (tertiary/aromatic N) is 5. The minimum Gasteiger partial charge on any atom is -0.374 e. The fourth-order valence-corrected chi connectivity index (χ4v) is 5.76. The normalized spacial score (nSPS) is 21.1. The molecule has 0 saturated carbocycles. The topological polar surface area (TPSA) is 107 Å². The van der Waals surface area contributed by atoms with Crippen molar-refractivity contribution in [3.8, 4) is 11.1 Å². The molecule has 2 aliphatic rings. The van der Waals surface area contributed by atoms with Crippen molar-refractivity contribution in [2.75, 3.05) is 55.0 Å². The van der Waals surface area contributed by atoms with E-state index in [-0.39, 0.29) is 41.0 Å². The number of ether oxygens (including phenoxy) is 1. The average Bonchev–Trinajstić information content (AvgIpc) is 3.01. The van der Waals surface area contributed by atoms with Crippen LogP contribution in [0.25, 0.3) is 11.1 Å². The van der Waals surface area contributed by atoms with Crippen LogP contribution in [-0.2, 0) is 4.74 Å². The van der Waals surface area contributed by atoms with E-state index in [1.165, 1.54) is 12.4 Å². The van der Waals surface area contributed by atoms with Crippen LogP contribution < -0.4 is 20.7 Å². The van der Waals surface area contributed by atoms with Gasteiger partial charge in [0.2, 0.25) is 11.5 Å². The zero-order chi connectivity index (χ0) is 32.6. The van der Waals surface area contributed by atoms with Crippen molar-refractivity contribution in [2.45, 2.75) is 52.3 Å². The lowest BCUT2D eigenvalue weighted by atomic mass is 10.0. The molecule has 45 heavy (non-hydrogen) atoms. The van der Waals surface area contributed by atoms with E-state index in [0.29, 0.717) is 44.8 Å². The van der Waals surface area contributed by atoms with E-state index in [2.05, 4.69) is 39.0 Å². The number of likely N-dealkylation sites (N-methyl/N-ethyl adjacent to an activating group) is 1. The number of carbonyl (C=O) groups is 1. The molecular formula is C31H37F4N7O3. The minimum atomic E-state index is -3.14. The molecule has 0 bridgehead atoms. The maximum absolute atomic E-state index is 16.5. The van der Waals surface area contributed by atoms with E-state index in [4.69, 9.17) is 4.74 Å². The molecule has 4 heterocycles. The Hall–Kier alpha value is -4.04. The first-order chi connectivity index (χ1) is 21.3. The number of nitrogens with one attached hydrogen (secondary N) is 2. The Kier molecular flexibility index (Phi) is 9.44. The van der Waals surface area contributed by atoms with Crippen LogP contribution in [-0.4, -0.2) is 83.8 Å². The third-order valence-electron chi connectivity index (χ3n) is 8.62. The van der Waals surface area contributed by atoms with Crippen molar-refractivity contribution in [1.82, 2.24) is 19.9 Å². The fourth-order valence-electron chi connectivity index (χ4n) is 5.76. The van der Waals surface area contributed by atoms with Crippen molar-refractivity contribution in [3.63, 3.8) is 0 Å². The van der Waals surface area contributed by atoms with Crippen LogP contribution in [0.4, 0.5) is 34.9 Å². The van der Waals surface area contributed by atoms with Gasteiger partial charge in [-0.05, 0) is 26.8 Å². The summed E-state index contributed by atoms with van der Waals surface area (Å²) < 4.78 is 65.7. The lowest BCUT2D eigenvalue weighted by molar-refractivity contribution is 0.0109. The molecule has 0 radical (unpaired) electrons. The lowest BCUT2D eigenvalue weighted by Crippen LogP contribution is -2.55. The van der Waals surface area contributed by atoms with Crippen LogP contribution in [0.1, 0.15) is 50.0 Å². The van der Waals surface area contributed by atoms with Gasteiger partial charge in [0, 0.05) is 80.1 Å².